The van der Waals surface area contributed by atoms with Gasteiger partial charge in [0.2, 0.25) is 0 Å². The molecule has 6 nitrogen and oxygen atoms in total. The summed E-state index contributed by atoms with van der Waals surface area (Å²) < 4.78 is 30.1. The van der Waals surface area contributed by atoms with Crippen molar-refractivity contribution in [1.82, 2.24) is 0 Å². The zero-order chi connectivity index (χ0) is 19.0. The van der Waals surface area contributed by atoms with Crippen LogP contribution in [0.15, 0.2) is 29.3 Å². The molecule has 4 rings (SSSR count). The zero-order valence-corrected chi connectivity index (χ0v) is 17.0. The fourth-order valence-corrected chi connectivity index (χ4v) is 7.36. The largest absolute Gasteiger partial charge is 0.494 e. The van der Waals surface area contributed by atoms with Crippen molar-refractivity contribution in [2.75, 3.05) is 23.0 Å². The van der Waals surface area contributed by atoms with Crippen molar-refractivity contribution in [3.63, 3.8) is 0 Å². The number of sulfone groups is 1. The second-order valence-corrected chi connectivity index (χ2v) is 10.7. The third kappa shape index (κ3) is 4.16. The van der Waals surface area contributed by atoms with Crippen molar-refractivity contribution in [3.8, 4) is 5.75 Å². The minimum atomic E-state index is -3.06. The molecule has 1 aromatic carbocycles. The molecule has 2 heterocycles. The van der Waals surface area contributed by atoms with Crippen LogP contribution in [0.3, 0.4) is 0 Å². The molecule has 146 valence electrons. The van der Waals surface area contributed by atoms with E-state index in [-0.39, 0.29) is 34.6 Å². The fourth-order valence-electron chi connectivity index (χ4n) is 3.44. The molecule has 3 fully saturated rings. The molecular weight excluding hydrogens is 384 g/mol. The number of fused-ring (bicyclic) bond motifs is 1. The molecule has 0 bridgehead atoms. The molecule has 2 atom stereocenters. The van der Waals surface area contributed by atoms with E-state index in [9.17, 15) is 13.2 Å². The number of thioether (sulfide) groups is 1. The summed E-state index contributed by atoms with van der Waals surface area (Å²) in [5.41, 5.74) is 0.837. The summed E-state index contributed by atoms with van der Waals surface area (Å²) in [4.78, 5) is 18.6. The van der Waals surface area contributed by atoms with Gasteiger partial charge in [-0.3, -0.25) is 4.79 Å². The Morgan fingerprint density at radius 2 is 2.15 bits per heavy atom. The van der Waals surface area contributed by atoms with Gasteiger partial charge < -0.3 is 9.64 Å². The lowest BCUT2D eigenvalue weighted by Gasteiger charge is -2.25. The minimum absolute atomic E-state index is 0.0489. The molecular formula is C19H24N2O4S2. The Bertz CT molecular complexity index is 864. The van der Waals surface area contributed by atoms with E-state index in [0.717, 1.165) is 37.1 Å². The number of carbonyl (C=O) groups is 1. The summed E-state index contributed by atoms with van der Waals surface area (Å²) in [6, 6.07) is 7.46. The van der Waals surface area contributed by atoms with Gasteiger partial charge in [-0.1, -0.05) is 31.2 Å². The van der Waals surface area contributed by atoms with Gasteiger partial charge in [-0.15, -0.1) is 0 Å². The molecule has 3 aliphatic rings. The van der Waals surface area contributed by atoms with Crippen LogP contribution in [0.2, 0.25) is 0 Å². The minimum Gasteiger partial charge on any atom is -0.494 e. The molecule has 2 aliphatic heterocycles. The Balaban J connectivity index is 1.63. The molecule has 1 aromatic rings. The highest BCUT2D eigenvalue weighted by atomic mass is 32.2. The third-order valence-electron chi connectivity index (χ3n) is 5.06. The summed E-state index contributed by atoms with van der Waals surface area (Å²) in [5, 5.41) is 0.549. The molecule has 27 heavy (non-hydrogen) atoms. The summed E-state index contributed by atoms with van der Waals surface area (Å²) >= 11 is 1.42. The first-order chi connectivity index (χ1) is 13.0. The predicted octanol–water partition coefficient (Wildman–Crippen LogP) is 2.88. The van der Waals surface area contributed by atoms with E-state index in [0.29, 0.717) is 11.8 Å². The maximum absolute atomic E-state index is 12.3. The van der Waals surface area contributed by atoms with Gasteiger partial charge in [-0.2, -0.15) is 4.99 Å². The first kappa shape index (κ1) is 18.8. The van der Waals surface area contributed by atoms with Gasteiger partial charge in [0.15, 0.2) is 15.0 Å². The van der Waals surface area contributed by atoms with Gasteiger partial charge in [0.25, 0.3) is 5.91 Å². The van der Waals surface area contributed by atoms with Gasteiger partial charge in [-0.25, -0.2) is 8.42 Å². The second-order valence-electron chi connectivity index (χ2n) is 7.38. The molecule has 0 spiro atoms. The number of carbonyl (C=O) groups excluding carboxylic acids is 1. The third-order valence-corrected chi connectivity index (χ3v) is 8.27. The van der Waals surface area contributed by atoms with Crippen molar-refractivity contribution in [2.45, 2.75) is 43.9 Å². The topological polar surface area (TPSA) is 76.0 Å². The number of rotatable bonds is 6. The molecule has 1 aliphatic carbocycles. The quantitative estimate of drug-likeness (QED) is 0.674. The lowest BCUT2D eigenvalue weighted by atomic mass is 10.2. The number of nitrogens with zero attached hydrogens (tertiary/aromatic N) is 2. The standard InChI is InChI=1S/C19H24N2O4S2/c1-2-3-9-25-15-6-4-5-14(10-15)21-16-11-27(23,24)12-17(16)26-19(21)20-18(22)13-7-8-13/h4-6,10,13,16-17H,2-3,7-9,11-12H2,1H3/t16-,17-/m1/s1. The van der Waals surface area contributed by atoms with Crippen molar-refractivity contribution in [1.29, 1.82) is 0 Å². The Labute approximate surface area is 164 Å². The maximum Gasteiger partial charge on any atom is 0.251 e. The monoisotopic (exact) mass is 408 g/mol. The number of ether oxygens (including phenoxy) is 1. The van der Waals surface area contributed by atoms with Gasteiger partial charge in [0, 0.05) is 22.9 Å². The number of benzene rings is 1. The number of hydrogen-bond donors (Lipinski definition) is 0. The number of aliphatic imine (C=N–C) groups is 1. The van der Waals surface area contributed by atoms with E-state index in [1.54, 1.807) is 0 Å². The summed E-state index contributed by atoms with van der Waals surface area (Å²) in [6.45, 7) is 2.76. The predicted molar refractivity (Wildman–Crippen MR) is 108 cm³/mol. The lowest BCUT2D eigenvalue weighted by Crippen LogP contribution is -2.37. The Morgan fingerprint density at radius 1 is 1.33 bits per heavy atom. The molecule has 2 saturated heterocycles. The van der Waals surface area contributed by atoms with Gasteiger partial charge in [0.05, 0.1) is 24.2 Å². The Morgan fingerprint density at radius 3 is 2.89 bits per heavy atom. The van der Waals surface area contributed by atoms with E-state index < -0.39 is 9.84 Å². The smallest absolute Gasteiger partial charge is 0.251 e. The van der Waals surface area contributed by atoms with Crippen LogP contribution >= 0.6 is 11.8 Å². The van der Waals surface area contributed by atoms with Crippen molar-refractivity contribution < 1.29 is 17.9 Å². The Hall–Kier alpha value is -1.54. The van der Waals surface area contributed by atoms with Crippen LogP contribution in [0.4, 0.5) is 5.69 Å². The Kier molecular flexibility index (Phi) is 5.20. The highest BCUT2D eigenvalue weighted by Gasteiger charge is 2.49. The van der Waals surface area contributed by atoms with Gasteiger partial charge >= 0.3 is 0 Å². The van der Waals surface area contributed by atoms with E-state index in [1.807, 2.05) is 29.2 Å². The molecule has 0 N–H and O–H groups in total. The summed E-state index contributed by atoms with van der Waals surface area (Å²) in [7, 11) is -3.06. The molecule has 8 heteroatoms. The number of hydrogen-bond acceptors (Lipinski definition) is 5. The average Bonchev–Trinajstić information content (AvgIpc) is 3.36. The van der Waals surface area contributed by atoms with Crippen molar-refractivity contribution >= 4 is 38.4 Å². The van der Waals surface area contributed by atoms with Crippen LogP contribution in [-0.4, -0.2) is 48.9 Å². The number of unbranched alkanes of at least 4 members (excludes halogenated alkanes) is 1. The van der Waals surface area contributed by atoms with E-state index in [2.05, 4.69) is 11.9 Å². The molecule has 0 aromatic heterocycles. The fraction of sp³-hybridized carbons (Fsp3) is 0.579. The SMILES string of the molecule is CCCCOc1cccc(N2C(=NC(=O)C3CC3)S[C@@H]3CS(=O)(=O)C[C@H]32)c1. The van der Waals surface area contributed by atoms with Crippen molar-refractivity contribution in [3.05, 3.63) is 24.3 Å². The van der Waals surface area contributed by atoms with Crippen LogP contribution in [0.25, 0.3) is 0 Å². The summed E-state index contributed by atoms with van der Waals surface area (Å²) in [5.74, 6) is 0.960. The first-order valence-electron chi connectivity index (χ1n) is 9.48. The highest BCUT2D eigenvalue weighted by Crippen LogP contribution is 2.42. The number of amidine groups is 1. The molecule has 0 unspecified atom stereocenters. The average molecular weight is 409 g/mol. The van der Waals surface area contributed by atoms with Crippen LogP contribution < -0.4 is 9.64 Å². The molecule has 1 amide bonds. The first-order valence-corrected chi connectivity index (χ1v) is 12.2. The van der Waals surface area contributed by atoms with Crippen LogP contribution in [0.5, 0.6) is 5.75 Å². The second kappa shape index (κ2) is 7.47. The van der Waals surface area contributed by atoms with Gasteiger partial charge in [-0.05, 0) is 31.4 Å². The van der Waals surface area contributed by atoms with Crippen LogP contribution in [-0.2, 0) is 14.6 Å². The maximum atomic E-state index is 12.3. The van der Waals surface area contributed by atoms with E-state index in [1.165, 1.54) is 11.8 Å². The van der Waals surface area contributed by atoms with Crippen molar-refractivity contribution in [2.24, 2.45) is 10.9 Å². The zero-order valence-electron chi connectivity index (χ0n) is 15.3. The normalized spacial score (nSPS) is 27.7. The van der Waals surface area contributed by atoms with Crippen LogP contribution in [0, 0.1) is 5.92 Å². The number of anilines is 1. The molecule has 0 radical (unpaired) electrons. The van der Waals surface area contributed by atoms with E-state index in [4.69, 9.17) is 4.74 Å². The highest BCUT2D eigenvalue weighted by molar-refractivity contribution is 8.16. The van der Waals surface area contributed by atoms with Crippen LogP contribution in [0.1, 0.15) is 32.6 Å². The number of amides is 1. The lowest BCUT2D eigenvalue weighted by molar-refractivity contribution is -0.118. The van der Waals surface area contributed by atoms with Gasteiger partial charge in [0.1, 0.15) is 5.75 Å². The molecule has 1 saturated carbocycles. The van der Waals surface area contributed by atoms with E-state index >= 15 is 0 Å². The summed E-state index contributed by atoms with van der Waals surface area (Å²) in [6.07, 6.45) is 3.85.